The summed E-state index contributed by atoms with van der Waals surface area (Å²) in [5.74, 6) is 0.910. The number of Topliss-reactive ketones (excluding diaryl/α,β-unsaturated/α-hetero) is 1. The van der Waals surface area contributed by atoms with E-state index in [2.05, 4.69) is 28.1 Å². The van der Waals surface area contributed by atoms with Crippen LogP contribution in [-0.4, -0.2) is 11.1 Å². The SMILES string of the molecule is O=C(CBr)c1ccc(C2CCC2)cc1. The first-order valence-corrected chi connectivity index (χ1v) is 6.12. The molecule has 0 N–H and O–H groups in total. The van der Waals surface area contributed by atoms with E-state index in [-0.39, 0.29) is 5.78 Å². The third-order valence-corrected chi connectivity index (χ3v) is 3.44. The van der Waals surface area contributed by atoms with E-state index in [0.717, 1.165) is 11.5 Å². The molecular weight excluding hydrogens is 240 g/mol. The van der Waals surface area contributed by atoms with Crippen LogP contribution in [0.3, 0.4) is 0 Å². The van der Waals surface area contributed by atoms with E-state index in [1.165, 1.54) is 24.8 Å². The molecule has 14 heavy (non-hydrogen) atoms. The largest absolute Gasteiger partial charge is 0.293 e. The Morgan fingerprint density at radius 2 is 1.93 bits per heavy atom. The molecule has 0 amide bonds. The monoisotopic (exact) mass is 252 g/mol. The zero-order chi connectivity index (χ0) is 9.97. The summed E-state index contributed by atoms with van der Waals surface area (Å²) in [6, 6.07) is 8.08. The number of carbonyl (C=O) groups is 1. The molecule has 0 unspecified atom stereocenters. The molecule has 0 aliphatic heterocycles. The van der Waals surface area contributed by atoms with Crippen LogP contribution in [0.1, 0.15) is 41.1 Å². The zero-order valence-corrected chi connectivity index (χ0v) is 9.59. The van der Waals surface area contributed by atoms with Crippen molar-refractivity contribution in [3.05, 3.63) is 35.4 Å². The second-order valence-electron chi connectivity index (χ2n) is 3.81. The van der Waals surface area contributed by atoms with E-state index in [0.29, 0.717) is 5.33 Å². The average molecular weight is 253 g/mol. The van der Waals surface area contributed by atoms with E-state index in [1.807, 2.05) is 12.1 Å². The van der Waals surface area contributed by atoms with Crippen LogP contribution in [0.2, 0.25) is 0 Å². The van der Waals surface area contributed by atoms with Crippen LogP contribution in [0, 0.1) is 0 Å². The number of ketones is 1. The van der Waals surface area contributed by atoms with Crippen molar-refractivity contribution in [1.82, 2.24) is 0 Å². The summed E-state index contributed by atoms with van der Waals surface area (Å²) in [5, 5.41) is 0.412. The minimum Gasteiger partial charge on any atom is -0.293 e. The van der Waals surface area contributed by atoms with Gasteiger partial charge in [-0.3, -0.25) is 4.79 Å². The van der Waals surface area contributed by atoms with Gasteiger partial charge in [0.1, 0.15) is 0 Å². The minimum absolute atomic E-state index is 0.158. The van der Waals surface area contributed by atoms with Crippen molar-refractivity contribution in [3.63, 3.8) is 0 Å². The van der Waals surface area contributed by atoms with Gasteiger partial charge in [0.25, 0.3) is 0 Å². The Bertz CT molecular complexity index is 325. The van der Waals surface area contributed by atoms with E-state index in [9.17, 15) is 4.79 Å². The number of alkyl halides is 1. The van der Waals surface area contributed by atoms with Crippen LogP contribution in [0.25, 0.3) is 0 Å². The number of hydrogen-bond acceptors (Lipinski definition) is 1. The van der Waals surface area contributed by atoms with Crippen LogP contribution in [-0.2, 0) is 0 Å². The lowest BCUT2D eigenvalue weighted by Crippen LogP contribution is -2.09. The third kappa shape index (κ3) is 1.90. The van der Waals surface area contributed by atoms with Gasteiger partial charge in [-0.15, -0.1) is 0 Å². The van der Waals surface area contributed by atoms with Gasteiger partial charge in [-0.1, -0.05) is 46.6 Å². The van der Waals surface area contributed by atoms with E-state index in [1.54, 1.807) is 0 Å². The van der Waals surface area contributed by atoms with Crippen LogP contribution in [0.5, 0.6) is 0 Å². The van der Waals surface area contributed by atoms with Crippen molar-refractivity contribution in [2.75, 3.05) is 5.33 Å². The lowest BCUT2D eigenvalue weighted by atomic mass is 9.80. The van der Waals surface area contributed by atoms with Crippen LogP contribution in [0.4, 0.5) is 0 Å². The molecular formula is C12H13BrO. The Hall–Kier alpha value is -0.630. The van der Waals surface area contributed by atoms with Gasteiger partial charge >= 0.3 is 0 Å². The molecule has 0 atom stereocenters. The molecule has 2 rings (SSSR count). The molecule has 0 spiro atoms. The number of rotatable bonds is 3. The van der Waals surface area contributed by atoms with Crippen molar-refractivity contribution in [2.45, 2.75) is 25.2 Å². The molecule has 0 saturated heterocycles. The second-order valence-corrected chi connectivity index (χ2v) is 4.37. The number of halogens is 1. The maximum Gasteiger partial charge on any atom is 0.173 e. The minimum atomic E-state index is 0.158. The fraction of sp³-hybridized carbons (Fsp3) is 0.417. The predicted octanol–water partition coefficient (Wildman–Crippen LogP) is 3.53. The van der Waals surface area contributed by atoms with Crippen LogP contribution < -0.4 is 0 Å². The molecule has 1 aromatic carbocycles. The summed E-state index contributed by atoms with van der Waals surface area (Å²) in [5.41, 5.74) is 2.20. The Morgan fingerprint density at radius 3 is 2.36 bits per heavy atom. The summed E-state index contributed by atoms with van der Waals surface area (Å²) in [6.07, 6.45) is 3.98. The highest BCUT2D eigenvalue weighted by Gasteiger charge is 2.19. The third-order valence-electron chi connectivity index (χ3n) is 2.93. The average Bonchev–Trinajstić information content (AvgIpc) is 2.15. The molecule has 0 aromatic heterocycles. The predicted molar refractivity (Wildman–Crippen MR) is 61.2 cm³/mol. The molecule has 1 fully saturated rings. The first kappa shape index (κ1) is 9.91. The first-order valence-electron chi connectivity index (χ1n) is 5.00. The summed E-state index contributed by atoms with van der Waals surface area (Å²) in [4.78, 5) is 11.3. The molecule has 1 nitrogen and oxygen atoms in total. The van der Waals surface area contributed by atoms with Crippen LogP contribution in [0.15, 0.2) is 24.3 Å². The molecule has 1 aromatic rings. The topological polar surface area (TPSA) is 17.1 Å². The maximum absolute atomic E-state index is 11.3. The fourth-order valence-electron chi connectivity index (χ4n) is 1.76. The summed E-state index contributed by atoms with van der Waals surface area (Å²) < 4.78 is 0. The van der Waals surface area contributed by atoms with E-state index in [4.69, 9.17) is 0 Å². The lowest BCUT2D eigenvalue weighted by Gasteiger charge is -2.25. The van der Waals surface area contributed by atoms with Gasteiger partial charge < -0.3 is 0 Å². The Labute approximate surface area is 92.6 Å². The van der Waals surface area contributed by atoms with Crippen molar-refractivity contribution in [1.29, 1.82) is 0 Å². The van der Waals surface area contributed by atoms with Gasteiger partial charge in [-0.05, 0) is 24.3 Å². The first-order chi connectivity index (χ1) is 6.81. The van der Waals surface area contributed by atoms with E-state index >= 15 is 0 Å². The smallest absolute Gasteiger partial charge is 0.173 e. The summed E-state index contributed by atoms with van der Waals surface area (Å²) in [6.45, 7) is 0. The zero-order valence-electron chi connectivity index (χ0n) is 8.00. The highest BCUT2D eigenvalue weighted by atomic mass is 79.9. The highest BCUT2D eigenvalue weighted by molar-refractivity contribution is 9.09. The Balaban J connectivity index is 2.13. The van der Waals surface area contributed by atoms with Gasteiger partial charge in [-0.25, -0.2) is 0 Å². The van der Waals surface area contributed by atoms with Crippen LogP contribution >= 0.6 is 15.9 Å². The molecule has 2 heteroatoms. The Morgan fingerprint density at radius 1 is 1.29 bits per heavy atom. The number of benzene rings is 1. The number of carbonyl (C=O) groups excluding carboxylic acids is 1. The van der Waals surface area contributed by atoms with Gasteiger partial charge in [0, 0.05) is 5.56 Å². The highest BCUT2D eigenvalue weighted by Crippen LogP contribution is 2.36. The van der Waals surface area contributed by atoms with Gasteiger partial charge in [0.2, 0.25) is 0 Å². The summed E-state index contributed by atoms with van der Waals surface area (Å²) >= 11 is 3.17. The van der Waals surface area contributed by atoms with Crippen molar-refractivity contribution in [3.8, 4) is 0 Å². The van der Waals surface area contributed by atoms with E-state index < -0.39 is 0 Å². The summed E-state index contributed by atoms with van der Waals surface area (Å²) in [7, 11) is 0. The normalized spacial score (nSPS) is 16.4. The lowest BCUT2D eigenvalue weighted by molar-refractivity contribution is 0.102. The quantitative estimate of drug-likeness (QED) is 0.594. The fourth-order valence-corrected chi connectivity index (χ4v) is 2.08. The van der Waals surface area contributed by atoms with Gasteiger partial charge in [0.15, 0.2) is 5.78 Å². The molecule has 1 saturated carbocycles. The second kappa shape index (κ2) is 4.26. The molecule has 1 aliphatic carbocycles. The standard InChI is InChI=1S/C12H13BrO/c13-8-12(14)11-6-4-10(5-7-11)9-2-1-3-9/h4-7,9H,1-3,8H2. The number of hydrogen-bond donors (Lipinski definition) is 0. The Kier molecular flexibility index (Phi) is 3.02. The van der Waals surface area contributed by atoms with Crippen molar-refractivity contribution >= 4 is 21.7 Å². The van der Waals surface area contributed by atoms with Gasteiger partial charge in [0.05, 0.1) is 5.33 Å². The van der Waals surface area contributed by atoms with Crippen molar-refractivity contribution in [2.24, 2.45) is 0 Å². The molecule has 1 aliphatic rings. The molecule has 74 valence electrons. The van der Waals surface area contributed by atoms with Gasteiger partial charge in [-0.2, -0.15) is 0 Å². The molecule has 0 bridgehead atoms. The maximum atomic E-state index is 11.3. The van der Waals surface area contributed by atoms with Crippen molar-refractivity contribution < 1.29 is 4.79 Å². The molecule has 0 radical (unpaired) electrons. The molecule has 0 heterocycles.